The summed E-state index contributed by atoms with van der Waals surface area (Å²) in [6, 6.07) is 0. The standard InChI is InChI=1S/C8H11/c1-6-4-7-2-3-8(6)5-7/h4,7-8H,1-3,5H2. The third-order valence-electron chi connectivity index (χ3n) is 2.45. The van der Waals surface area contributed by atoms with E-state index in [0.717, 1.165) is 11.8 Å². The van der Waals surface area contributed by atoms with Crippen LogP contribution in [-0.2, 0) is 0 Å². The number of fused-ring (bicyclic) bond motifs is 2. The third kappa shape index (κ3) is 0.460. The summed E-state index contributed by atoms with van der Waals surface area (Å²) >= 11 is 0. The lowest BCUT2D eigenvalue weighted by atomic mass is 9.96. The van der Waals surface area contributed by atoms with E-state index in [9.17, 15) is 0 Å². The van der Waals surface area contributed by atoms with Crippen LogP contribution >= 0.6 is 0 Å². The van der Waals surface area contributed by atoms with Crippen LogP contribution in [-0.4, -0.2) is 0 Å². The van der Waals surface area contributed by atoms with Crippen LogP contribution in [0, 0.1) is 18.3 Å². The van der Waals surface area contributed by atoms with E-state index in [2.05, 4.69) is 13.0 Å². The van der Waals surface area contributed by atoms with Gasteiger partial charge in [-0.1, -0.05) is 12.2 Å². The first kappa shape index (κ1) is 4.60. The molecule has 0 aromatic rings. The molecule has 2 aliphatic rings. The van der Waals surface area contributed by atoms with Crippen LogP contribution in [0.25, 0.3) is 0 Å². The van der Waals surface area contributed by atoms with Crippen molar-refractivity contribution in [2.45, 2.75) is 19.3 Å². The first-order valence-corrected chi connectivity index (χ1v) is 3.40. The first-order chi connectivity index (χ1) is 3.86. The molecule has 0 heterocycles. The number of hydrogen-bond donors (Lipinski definition) is 0. The van der Waals surface area contributed by atoms with Crippen molar-refractivity contribution in [3.05, 3.63) is 18.6 Å². The highest BCUT2D eigenvalue weighted by atomic mass is 14.4. The van der Waals surface area contributed by atoms with E-state index < -0.39 is 0 Å². The molecule has 0 aromatic carbocycles. The second kappa shape index (κ2) is 1.37. The zero-order valence-electron chi connectivity index (χ0n) is 5.06. The molecule has 2 unspecified atom stereocenters. The molecule has 0 spiro atoms. The van der Waals surface area contributed by atoms with Crippen molar-refractivity contribution < 1.29 is 0 Å². The predicted molar refractivity (Wildman–Crippen MR) is 34.3 cm³/mol. The molecule has 0 saturated heterocycles. The van der Waals surface area contributed by atoms with Gasteiger partial charge in [0.2, 0.25) is 0 Å². The average Bonchev–Trinajstić information content (AvgIpc) is 2.23. The molecule has 2 rings (SSSR count). The van der Waals surface area contributed by atoms with E-state index in [1.54, 1.807) is 0 Å². The molecular weight excluding hydrogens is 96.1 g/mol. The van der Waals surface area contributed by atoms with Crippen LogP contribution in [0.2, 0.25) is 0 Å². The van der Waals surface area contributed by atoms with E-state index >= 15 is 0 Å². The normalized spacial score (nSPS) is 43.8. The Morgan fingerprint density at radius 2 is 2.38 bits per heavy atom. The van der Waals surface area contributed by atoms with Gasteiger partial charge in [0.1, 0.15) is 0 Å². The fourth-order valence-electron chi connectivity index (χ4n) is 1.94. The zero-order valence-corrected chi connectivity index (χ0v) is 5.06. The van der Waals surface area contributed by atoms with Crippen molar-refractivity contribution in [1.82, 2.24) is 0 Å². The third-order valence-corrected chi connectivity index (χ3v) is 2.45. The van der Waals surface area contributed by atoms with Gasteiger partial charge in [-0.15, -0.1) is 0 Å². The Balaban J connectivity index is 2.22. The van der Waals surface area contributed by atoms with Gasteiger partial charge in [-0.3, -0.25) is 0 Å². The van der Waals surface area contributed by atoms with E-state index in [1.165, 1.54) is 24.8 Å². The van der Waals surface area contributed by atoms with Gasteiger partial charge in [-0.05, 0) is 37.5 Å². The fraction of sp³-hybridized carbons (Fsp3) is 0.625. The van der Waals surface area contributed by atoms with Crippen molar-refractivity contribution in [3.63, 3.8) is 0 Å². The van der Waals surface area contributed by atoms with Gasteiger partial charge in [-0.2, -0.15) is 0 Å². The summed E-state index contributed by atoms with van der Waals surface area (Å²) in [5.41, 5.74) is 1.42. The van der Waals surface area contributed by atoms with Gasteiger partial charge in [0.05, 0.1) is 0 Å². The molecule has 2 bridgehead atoms. The van der Waals surface area contributed by atoms with Crippen LogP contribution in [0.1, 0.15) is 19.3 Å². The highest BCUT2D eigenvalue weighted by molar-refractivity contribution is 5.23. The highest BCUT2D eigenvalue weighted by Gasteiger charge is 2.33. The summed E-state index contributed by atoms with van der Waals surface area (Å²) in [4.78, 5) is 0. The Labute approximate surface area is 50.6 Å². The molecule has 2 aliphatic carbocycles. The second-order valence-electron chi connectivity index (χ2n) is 3.01. The van der Waals surface area contributed by atoms with E-state index in [4.69, 9.17) is 0 Å². The molecule has 8 heavy (non-hydrogen) atoms. The van der Waals surface area contributed by atoms with Crippen LogP contribution in [0.15, 0.2) is 12.2 Å². The van der Waals surface area contributed by atoms with Gasteiger partial charge in [-0.25, -0.2) is 0 Å². The predicted octanol–water partition coefficient (Wildman–Crippen LogP) is 2.18. The maximum absolute atomic E-state index is 3.98. The Hall–Kier alpha value is -0.260. The van der Waals surface area contributed by atoms with E-state index in [-0.39, 0.29) is 0 Å². The number of rotatable bonds is 0. The topological polar surface area (TPSA) is 0 Å². The number of allylic oxidation sites excluding steroid dienone is 1. The monoisotopic (exact) mass is 107 g/mol. The summed E-state index contributed by atoms with van der Waals surface area (Å²) in [5, 5.41) is 0. The molecule has 0 aliphatic heterocycles. The largest absolute Gasteiger partial charge is 0.0993 e. The summed E-state index contributed by atoms with van der Waals surface area (Å²) in [6.45, 7) is 3.98. The Bertz CT molecular complexity index is 124. The minimum atomic E-state index is 0.889. The van der Waals surface area contributed by atoms with Crippen LogP contribution < -0.4 is 0 Å². The first-order valence-electron chi connectivity index (χ1n) is 3.40. The van der Waals surface area contributed by atoms with Crippen molar-refractivity contribution >= 4 is 0 Å². The molecule has 0 amide bonds. The summed E-state index contributed by atoms with van der Waals surface area (Å²) < 4.78 is 0. The lowest BCUT2D eigenvalue weighted by Crippen LogP contribution is -1.96. The SMILES string of the molecule is C=C1[CH]C2CCC1C2. The number of hydrogen-bond acceptors (Lipinski definition) is 0. The molecule has 0 N–H and O–H groups in total. The lowest BCUT2D eigenvalue weighted by Gasteiger charge is -2.09. The minimum Gasteiger partial charge on any atom is -0.0993 e. The Kier molecular flexibility index (Phi) is 0.787. The van der Waals surface area contributed by atoms with Crippen LogP contribution in [0.4, 0.5) is 0 Å². The van der Waals surface area contributed by atoms with E-state index in [0.29, 0.717) is 0 Å². The lowest BCUT2D eigenvalue weighted by molar-refractivity contribution is 0.651. The maximum Gasteiger partial charge on any atom is -0.0106 e. The van der Waals surface area contributed by atoms with Gasteiger partial charge in [0.25, 0.3) is 0 Å². The van der Waals surface area contributed by atoms with E-state index in [1.807, 2.05) is 0 Å². The molecule has 0 nitrogen and oxygen atoms in total. The highest BCUT2D eigenvalue weighted by Crippen LogP contribution is 2.46. The molecule has 0 aromatic heterocycles. The summed E-state index contributed by atoms with van der Waals surface area (Å²) in [5.74, 6) is 1.81. The summed E-state index contributed by atoms with van der Waals surface area (Å²) in [7, 11) is 0. The van der Waals surface area contributed by atoms with Crippen molar-refractivity contribution in [1.29, 1.82) is 0 Å². The summed E-state index contributed by atoms with van der Waals surface area (Å²) in [6.07, 6.45) is 6.62. The Morgan fingerprint density at radius 3 is 2.62 bits per heavy atom. The van der Waals surface area contributed by atoms with Gasteiger partial charge in [0.15, 0.2) is 0 Å². The second-order valence-corrected chi connectivity index (χ2v) is 3.01. The molecular formula is C8H11. The van der Waals surface area contributed by atoms with Gasteiger partial charge in [0, 0.05) is 0 Å². The molecule has 0 heteroatoms. The smallest absolute Gasteiger partial charge is 0.0106 e. The fourth-order valence-corrected chi connectivity index (χ4v) is 1.94. The molecule has 2 fully saturated rings. The maximum atomic E-state index is 3.98. The van der Waals surface area contributed by atoms with Crippen LogP contribution in [0.3, 0.4) is 0 Å². The molecule has 43 valence electrons. The zero-order chi connectivity index (χ0) is 5.56. The minimum absolute atomic E-state index is 0.889. The van der Waals surface area contributed by atoms with Gasteiger partial charge < -0.3 is 0 Å². The molecule has 1 radical (unpaired) electrons. The van der Waals surface area contributed by atoms with Crippen LogP contribution in [0.5, 0.6) is 0 Å². The average molecular weight is 107 g/mol. The van der Waals surface area contributed by atoms with Crippen molar-refractivity contribution in [2.75, 3.05) is 0 Å². The quantitative estimate of drug-likeness (QED) is 0.445. The molecule has 2 atom stereocenters. The molecule has 2 saturated carbocycles. The van der Waals surface area contributed by atoms with Crippen molar-refractivity contribution in [3.8, 4) is 0 Å². The van der Waals surface area contributed by atoms with Gasteiger partial charge >= 0.3 is 0 Å². The van der Waals surface area contributed by atoms with Crippen molar-refractivity contribution in [2.24, 2.45) is 11.8 Å². The Morgan fingerprint density at radius 1 is 1.50 bits per heavy atom.